The van der Waals surface area contributed by atoms with E-state index in [-0.39, 0.29) is 11.7 Å². The van der Waals surface area contributed by atoms with Gasteiger partial charge in [0.1, 0.15) is 5.82 Å². The minimum absolute atomic E-state index is 0.164. The molecule has 4 saturated heterocycles. The van der Waals surface area contributed by atoms with E-state index in [0.717, 1.165) is 18.3 Å². The van der Waals surface area contributed by atoms with E-state index in [4.69, 9.17) is 4.52 Å². The highest BCUT2D eigenvalue weighted by molar-refractivity contribution is 5.27. The van der Waals surface area contributed by atoms with Crippen LogP contribution in [-0.4, -0.2) is 51.7 Å². The summed E-state index contributed by atoms with van der Waals surface area (Å²) >= 11 is 0. The van der Waals surface area contributed by atoms with Crippen LogP contribution in [0.3, 0.4) is 0 Å². The first-order valence-corrected chi connectivity index (χ1v) is 10.2. The minimum Gasteiger partial charge on any atom is -0.338 e. The van der Waals surface area contributed by atoms with Crippen molar-refractivity contribution in [3.63, 3.8) is 0 Å². The van der Waals surface area contributed by atoms with Crippen molar-refractivity contribution >= 4 is 0 Å². The standard InChI is InChI=1S/C21H27FN4O/c1-13(2)21-23-18(27-24-21)12-26-11-17(14-3-5-16(22)6-4-14)20-19(26)15-7-9-25(20)10-8-15/h3-6,13,15,17,19-20H,7-12H2,1-2H3/t17-,19+,20+/m1/s1. The molecule has 4 aliphatic heterocycles. The topological polar surface area (TPSA) is 45.4 Å². The predicted octanol–water partition coefficient (Wildman–Crippen LogP) is 3.39. The smallest absolute Gasteiger partial charge is 0.240 e. The fourth-order valence-electron chi connectivity index (χ4n) is 5.47. The summed E-state index contributed by atoms with van der Waals surface area (Å²) in [6.45, 7) is 8.22. The highest BCUT2D eigenvalue weighted by Crippen LogP contribution is 2.46. The van der Waals surface area contributed by atoms with Gasteiger partial charge in [0.2, 0.25) is 5.89 Å². The Hall–Kier alpha value is -1.79. The zero-order chi connectivity index (χ0) is 18.5. The summed E-state index contributed by atoms with van der Waals surface area (Å²) in [5, 5.41) is 4.13. The Morgan fingerprint density at radius 1 is 1.15 bits per heavy atom. The van der Waals surface area contributed by atoms with Crippen LogP contribution in [0.4, 0.5) is 4.39 Å². The summed E-state index contributed by atoms with van der Waals surface area (Å²) in [6.07, 6.45) is 2.55. The van der Waals surface area contributed by atoms with Gasteiger partial charge in [-0.25, -0.2) is 4.39 Å². The Balaban J connectivity index is 1.44. The molecule has 0 N–H and O–H groups in total. The molecule has 4 aliphatic rings. The molecule has 6 heteroatoms. The molecular formula is C21H27FN4O. The molecule has 1 aromatic carbocycles. The zero-order valence-corrected chi connectivity index (χ0v) is 16.0. The van der Waals surface area contributed by atoms with E-state index in [1.54, 1.807) is 12.1 Å². The van der Waals surface area contributed by atoms with Crippen LogP contribution >= 0.6 is 0 Å². The van der Waals surface area contributed by atoms with Gasteiger partial charge in [0.25, 0.3) is 0 Å². The van der Waals surface area contributed by atoms with Crippen molar-refractivity contribution in [2.75, 3.05) is 19.6 Å². The lowest BCUT2D eigenvalue weighted by Gasteiger charge is -2.51. The molecule has 1 aromatic heterocycles. The number of rotatable bonds is 4. The van der Waals surface area contributed by atoms with E-state index in [1.165, 1.54) is 31.5 Å². The van der Waals surface area contributed by atoms with Gasteiger partial charge in [0.05, 0.1) is 6.54 Å². The number of benzene rings is 1. The van der Waals surface area contributed by atoms with E-state index < -0.39 is 0 Å². The molecule has 2 aromatic rings. The van der Waals surface area contributed by atoms with Crippen molar-refractivity contribution < 1.29 is 8.91 Å². The average Bonchev–Trinajstić information content (AvgIpc) is 3.30. The van der Waals surface area contributed by atoms with E-state index in [0.29, 0.717) is 30.4 Å². The third-order valence-corrected chi connectivity index (χ3v) is 6.73. The Kier molecular flexibility index (Phi) is 4.28. The molecule has 5 heterocycles. The van der Waals surface area contributed by atoms with Crippen molar-refractivity contribution in [3.05, 3.63) is 47.4 Å². The quantitative estimate of drug-likeness (QED) is 0.825. The summed E-state index contributed by atoms with van der Waals surface area (Å²) in [7, 11) is 0. The number of fused-ring (bicyclic) bond motifs is 2. The first-order chi connectivity index (χ1) is 13.1. The molecule has 0 amide bonds. The van der Waals surface area contributed by atoms with E-state index >= 15 is 0 Å². The first-order valence-electron chi connectivity index (χ1n) is 10.2. The lowest BCUT2D eigenvalue weighted by Crippen LogP contribution is -2.60. The third-order valence-electron chi connectivity index (χ3n) is 6.73. The van der Waals surface area contributed by atoms with Crippen molar-refractivity contribution in [2.24, 2.45) is 5.92 Å². The van der Waals surface area contributed by atoms with Crippen molar-refractivity contribution in [1.82, 2.24) is 19.9 Å². The Morgan fingerprint density at radius 3 is 2.56 bits per heavy atom. The summed E-state index contributed by atoms with van der Waals surface area (Å²) in [5.74, 6) is 2.75. The van der Waals surface area contributed by atoms with Crippen LogP contribution in [0.5, 0.6) is 0 Å². The maximum Gasteiger partial charge on any atom is 0.240 e. The lowest BCUT2D eigenvalue weighted by molar-refractivity contribution is -0.0109. The number of aromatic nitrogens is 2. The molecular weight excluding hydrogens is 343 g/mol. The Morgan fingerprint density at radius 2 is 1.89 bits per heavy atom. The molecule has 27 heavy (non-hydrogen) atoms. The van der Waals surface area contributed by atoms with Gasteiger partial charge in [0.15, 0.2) is 5.82 Å². The monoisotopic (exact) mass is 370 g/mol. The predicted molar refractivity (Wildman–Crippen MR) is 99.8 cm³/mol. The molecule has 0 aliphatic carbocycles. The van der Waals surface area contributed by atoms with Gasteiger partial charge in [0, 0.05) is 30.5 Å². The molecule has 3 atom stereocenters. The molecule has 5 nitrogen and oxygen atoms in total. The average molecular weight is 370 g/mol. The third kappa shape index (κ3) is 2.99. The number of halogens is 1. The highest BCUT2D eigenvalue weighted by Gasteiger charge is 2.53. The Labute approximate surface area is 159 Å². The zero-order valence-electron chi connectivity index (χ0n) is 16.0. The molecule has 6 rings (SSSR count). The van der Waals surface area contributed by atoms with Crippen LogP contribution in [0.1, 0.15) is 55.8 Å². The molecule has 2 bridgehead atoms. The SMILES string of the molecule is CC(C)c1noc(CN2C[C@H](c3ccc(F)cc3)[C@H]3[C@@H]2C2CCN3CC2)n1. The number of likely N-dealkylation sites (tertiary alicyclic amines) is 1. The van der Waals surface area contributed by atoms with Gasteiger partial charge < -0.3 is 4.52 Å². The fourth-order valence-corrected chi connectivity index (χ4v) is 5.47. The summed E-state index contributed by atoms with van der Waals surface area (Å²) in [4.78, 5) is 9.81. The second kappa shape index (κ2) is 6.67. The van der Waals surface area contributed by atoms with Gasteiger partial charge in [-0.15, -0.1) is 0 Å². The largest absolute Gasteiger partial charge is 0.338 e. The van der Waals surface area contributed by atoms with Crippen LogP contribution in [-0.2, 0) is 6.54 Å². The maximum atomic E-state index is 13.4. The molecule has 0 spiro atoms. The van der Waals surface area contributed by atoms with Crippen LogP contribution in [0.25, 0.3) is 0 Å². The number of hydrogen-bond acceptors (Lipinski definition) is 5. The lowest BCUT2D eigenvalue weighted by atomic mass is 9.75. The van der Waals surface area contributed by atoms with Crippen molar-refractivity contribution in [2.45, 2.75) is 57.2 Å². The maximum absolute atomic E-state index is 13.4. The van der Waals surface area contributed by atoms with Gasteiger partial charge in [-0.3, -0.25) is 9.80 Å². The first kappa shape index (κ1) is 17.3. The van der Waals surface area contributed by atoms with E-state index in [2.05, 4.69) is 33.8 Å². The van der Waals surface area contributed by atoms with Crippen LogP contribution in [0.15, 0.2) is 28.8 Å². The van der Waals surface area contributed by atoms with Crippen LogP contribution < -0.4 is 0 Å². The summed E-state index contributed by atoms with van der Waals surface area (Å²) in [6, 6.07) is 8.15. The Bertz CT molecular complexity index is 797. The van der Waals surface area contributed by atoms with E-state index in [1.807, 2.05) is 12.1 Å². The van der Waals surface area contributed by atoms with Gasteiger partial charge in [-0.1, -0.05) is 31.1 Å². The molecule has 4 fully saturated rings. The molecule has 144 valence electrons. The molecule has 0 unspecified atom stereocenters. The number of piperidine rings is 3. The van der Waals surface area contributed by atoms with Gasteiger partial charge in [-0.2, -0.15) is 4.98 Å². The van der Waals surface area contributed by atoms with Crippen molar-refractivity contribution in [3.8, 4) is 0 Å². The van der Waals surface area contributed by atoms with Gasteiger partial charge >= 0.3 is 0 Å². The van der Waals surface area contributed by atoms with Crippen molar-refractivity contribution in [1.29, 1.82) is 0 Å². The number of hydrogen-bond donors (Lipinski definition) is 0. The normalized spacial score (nSPS) is 33.0. The molecule has 0 saturated carbocycles. The summed E-state index contributed by atoms with van der Waals surface area (Å²) < 4.78 is 19.0. The highest BCUT2D eigenvalue weighted by atomic mass is 19.1. The second-order valence-electron chi connectivity index (χ2n) is 8.64. The van der Waals surface area contributed by atoms with Gasteiger partial charge in [-0.05, 0) is 49.5 Å². The molecule has 0 radical (unpaired) electrons. The minimum atomic E-state index is -0.164. The fraction of sp³-hybridized carbons (Fsp3) is 0.619. The number of nitrogens with zero attached hydrogens (tertiary/aromatic N) is 4. The van der Waals surface area contributed by atoms with E-state index in [9.17, 15) is 4.39 Å². The van der Waals surface area contributed by atoms with Crippen LogP contribution in [0, 0.1) is 11.7 Å². The summed E-state index contributed by atoms with van der Waals surface area (Å²) in [5.41, 5.74) is 1.25. The second-order valence-corrected chi connectivity index (χ2v) is 8.64. The van der Waals surface area contributed by atoms with Crippen LogP contribution in [0.2, 0.25) is 0 Å².